The topological polar surface area (TPSA) is 93.5 Å². The zero-order chi connectivity index (χ0) is 15.1. The molecule has 0 aromatic carbocycles. The van der Waals surface area contributed by atoms with Gasteiger partial charge in [-0.25, -0.2) is 0 Å². The molecule has 6 nitrogen and oxygen atoms in total. The van der Waals surface area contributed by atoms with Gasteiger partial charge in [0, 0.05) is 24.0 Å². The largest absolute Gasteiger partial charge is 0.377 e. The molecule has 0 bridgehead atoms. The number of ether oxygens (including phenoxy) is 1. The maximum Gasteiger partial charge on any atom is 0.241 e. The highest BCUT2D eigenvalue weighted by molar-refractivity contribution is 5.92. The lowest BCUT2D eigenvalue weighted by Crippen LogP contribution is -2.80. The van der Waals surface area contributed by atoms with Crippen molar-refractivity contribution in [3.05, 3.63) is 0 Å². The Morgan fingerprint density at radius 1 is 1.40 bits per heavy atom. The van der Waals surface area contributed by atoms with Crippen molar-refractivity contribution in [3.8, 4) is 0 Å². The van der Waals surface area contributed by atoms with Crippen molar-refractivity contribution in [1.82, 2.24) is 10.6 Å². The Hall–Kier alpha value is -1.14. The molecule has 1 saturated heterocycles. The van der Waals surface area contributed by atoms with Gasteiger partial charge in [0.25, 0.3) is 0 Å². The number of fused-ring (bicyclic) bond motifs is 1. The predicted molar refractivity (Wildman–Crippen MR) is 74.8 cm³/mol. The highest BCUT2D eigenvalue weighted by Crippen LogP contribution is 2.58. The highest BCUT2D eigenvalue weighted by Gasteiger charge is 2.71. The van der Waals surface area contributed by atoms with Crippen molar-refractivity contribution in [1.29, 1.82) is 0 Å². The monoisotopic (exact) mass is 283 g/mol. The fraction of sp³-hybridized carbons (Fsp3) is 0.857. The number of amides is 2. The van der Waals surface area contributed by atoms with Gasteiger partial charge in [0.05, 0.1) is 12.6 Å². The van der Waals surface area contributed by atoms with Crippen LogP contribution >= 0.6 is 0 Å². The first-order chi connectivity index (χ1) is 9.21. The summed E-state index contributed by atoms with van der Waals surface area (Å²) in [5.41, 5.74) is 5.01. The molecule has 1 saturated carbocycles. The summed E-state index contributed by atoms with van der Waals surface area (Å²) >= 11 is 0. The maximum absolute atomic E-state index is 12.4. The van der Waals surface area contributed by atoms with Crippen molar-refractivity contribution < 1.29 is 14.3 Å². The molecule has 1 aliphatic carbocycles. The Labute approximate surface area is 119 Å². The van der Waals surface area contributed by atoms with E-state index in [9.17, 15) is 9.59 Å². The molecule has 6 heteroatoms. The fourth-order valence-electron chi connectivity index (χ4n) is 3.53. The fourth-order valence-corrected chi connectivity index (χ4v) is 3.53. The van der Waals surface area contributed by atoms with E-state index in [1.165, 1.54) is 0 Å². The standard InChI is InChI=1S/C14H25N3O3/c1-8(2)17-10(18)7-16-12(19)14(15)9-5-6-20-11(9)13(14,3)4/h8-9,11H,5-7,15H2,1-4H3,(H,16,19)(H,17,18). The minimum absolute atomic E-state index is 0.0374. The number of rotatable bonds is 4. The second kappa shape index (κ2) is 5.00. The van der Waals surface area contributed by atoms with Crippen LogP contribution in [0.2, 0.25) is 0 Å². The van der Waals surface area contributed by atoms with Crippen LogP contribution in [0.15, 0.2) is 0 Å². The molecular weight excluding hydrogens is 258 g/mol. The number of nitrogens with two attached hydrogens (primary N) is 1. The summed E-state index contributed by atoms with van der Waals surface area (Å²) in [6.45, 7) is 8.27. The quantitative estimate of drug-likeness (QED) is 0.664. The third kappa shape index (κ3) is 2.11. The van der Waals surface area contributed by atoms with Crippen LogP contribution in [0.3, 0.4) is 0 Å². The summed E-state index contributed by atoms with van der Waals surface area (Å²) in [5.74, 6) is -0.410. The van der Waals surface area contributed by atoms with E-state index in [4.69, 9.17) is 10.5 Å². The van der Waals surface area contributed by atoms with Gasteiger partial charge < -0.3 is 21.1 Å². The van der Waals surface area contributed by atoms with Crippen LogP contribution in [-0.2, 0) is 14.3 Å². The Kier molecular flexibility index (Phi) is 3.81. The van der Waals surface area contributed by atoms with Crippen LogP contribution in [0.5, 0.6) is 0 Å². The van der Waals surface area contributed by atoms with Gasteiger partial charge in [-0.05, 0) is 20.3 Å². The van der Waals surface area contributed by atoms with Gasteiger partial charge in [0.1, 0.15) is 5.54 Å². The summed E-state index contributed by atoms with van der Waals surface area (Å²) in [7, 11) is 0. The average molecular weight is 283 g/mol. The SMILES string of the molecule is CC(C)NC(=O)CNC(=O)C1(N)C2CCOC2C1(C)C. The van der Waals surface area contributed by atoms with Crippen LogP contribution in [0, 0.1) is 11.3 Å². The van der Waals surface area contributed by atoms with Crippen LogP contribution < -0.4 is 16.4 Å². The van der Waals surface area contributed by atoms with E-state index in [1.54, 1.807) is 0 Å². The molecule has 2 fully saturated rings. The first-order valence-electron chi connectivity index (χ1n) is 7.19. The van der Waals surface area contributed by atoms with E-state index in [-0.39, 0.29) is 36.4 Å². The summed E-state index contributed by atoms with van der Waals surface area (Å²) in [6.07, 6.45) is 0.846. The first-order valence-corrected chi connectivity index (χ1v) is 7.19. The van der Waals surface area contributed by atoms with Crippen molar-refractivity contribution in [2.24, 2.45) is 17.1 Å². The van der Waals surface area contributed by atoms with Gasteiger partial charge in [0.2, 0.25) is 11.8 Å². The lowest BCUT2D eigenvalue weighted by molar-refractivity contribution is -0.175. The van der Waals surface area contributed by atoms with E-state index in [0.29, 0.717) is 6.61 Å². The number of carbonyl (C=O) groups is 2. The molecule has 0 spiro atoms. The average Bonchev–Trinajstić information content (AvgIpc) is 2.82. The summed E-state index contributed by atoms with van der Waals surface area (Å²) in [6, 6.07) is 0.0546. The van der Waals surface area contributed by atoms with Crippen LogP contribution in [0.4, 0.5) is 0 Å². The molecule has 20 heavy (non-hydrogen) atoms. The van der Waals surface area contributed by atoms with Crippen molar-refractivity contribution in [2.45, 2.75) is 51.8 Å². The van der Waals surface area contributed by atoms with Crippen LogP contribution in [0.1, 0.15) is 34.1 Å². The number of nitrogens with one attached hydrogen (secondary N) is 2. The molecule has 0 aromatic rings. The molecular formula is C14H25N3O3. The molecule has 4 N–H and O–H groups in total. The molecule has 3 unspecified atom stereocenters. The summed E-state index contributed by atoms with van der Waals surface area (Å²) < 4.78 is 5.65. The van der Waals surface area contributed by atoms with E-state index in [2.05, 4.69) is 10.6 Å². The predicted octanol–water partition coefficient (Wildman–Crippen LogP) is -0.230. The van der Waals surface area contributed by atoms with E-state index >= 15 is 0 Å². The Balaban J connectivity index is 1.97. The smallest absolute Gasteiger partial charge is 0.241 e. The van der Waals surface area contributed by atoms with E-state index in [0.717, 1.165) is 6.42 Å². The normalized spacial score (nSPS) is 34.3. The van der Waals surface area contributed by atoms with Gasteiger partial charge in [-0.3, -0.25) is 9.59 Å². The van der Waals surface area contributed by atoms with Crippen LogP contribution in [0.25, 0.3) is 0 Å². The van der Waals surface area contributed by atoms with Gasteiger partial charge in [-0.2, -0.15) is 0 Å². The molecule has 2 aliphatic rings. The maximum atomic E-state index is 12.4. The second-order valence-electron chi connectivity index (χ2n) is 6.68. The third-order valence-corrected chi connectivity index (χ3v) is 4.69. The molecule has 1 heterocycles. The van der Waals surface area contributed by atoms with Crippen molar-refractivity contribution >= 4 is 11.8 Å². The minimum atomic E-state index is -0.952. The summed E-state index contributed by atoms with van der Waals surface area (Å²) in [5, 5.41) is 5.40. The van der Waals surface area contributed by atoms with Gasteiger partial charge in [-0.15, -0.1) is 0 Å². The van der Waals surface area contributed by atoms with Crippen molar-refractivity contribution in [3.63, 3.8) is 0 Å². The van der Waals surface area contributed by atoms with Gasteiger partial charge in [0.15, 0.2) is 0 Å². The molecule has 1 aliphatic heterocycles. The van der Waals surface area contributed by atoms with E-state index < -0.39 is 11.0 Å². The molecule has 2 amide bonds. The van der Waals surface area contributed by atoms with Crippen molar-refractivity contribution in [2.75, 3.05) is 13.2 Å². The lowest BCUT2D eigenvalue weighted by Gasteiger charge is -2.60. The lowest BCUT2D eigenvalue weighted by atomic mass is 9.48. The molecule has 0 aromatic heterocycles. The van der Waals surface area contributed by atoms with E-state index in [1.807, 2.05) is 27.7 Å². The zero-order valence-corrected chi connectivity index (χ0v) is 12.7. The number of hydrogen-bond acceptors (Lipinski definition) is 4. The Morgan fingerprint density at radius 2 is 2.05 bits per heavy atom. The zero-order valence-electron chi connectivity index (χ0n) is 12.7. The van der Waals surface area contributed by atoms with Gasteiger partial charge >= 0.3 is 0 Å². The third-order valence-electron chi connectivity index (χ3n) is 4.69. The molecule has 114 valence electrons. The second-order valence-corrected chi connectivity index (χ2v) is 6.68. The molecule has 0 radical (unpaired) electrons. The minimum Gasteiger partial charge on any atom is -0.377 e. The Morgan fingerprint density at radius 3 is 2.65 bits per heavy atom. The number of hydrogen-bond donors (Lipinski definition) is 3. The van der Waals surface area contributed by atoms with Crippen LogP contribution in [-0.4, -0.2) is 42.7 Å². The molecule has 3 atom stereocenters. The number of carbonyl (C=O) groups excluding carboxylic acids is 2. The summed E-state index contributed by atoms with van der Waals surface area (Å²) in [4.78, 5) is 24.0. The molecule has 2 rings (SSSR count). The Bertz CT molecular complexity index is 422. The highest BCUT2D eigenvalue weighted by atomic mass is 16.5. The van der Waals surface area contributed by atoms with Gasteiger partial charge in [-0.1, -0.05) is 13.8 Å². The first kappa shape index (κ1) is 15.3.